The van der Waals surface area contributed by atoms with E-state index in [0.717, 1.165) is 17.0 Å². The quantitative estimate of drug-likeness (QED) is 0.156. The van der Waals surface area contributed by atoms with Crippen LogP contribution in [0.4, 0.5) is 0 Å². The minimum Gasteiger partial charge on any atom is -0.497 e. The summed E-state index contributed by atoms with van der Waals surface area (Å²) in [5.74, 6) is 2.33. The Balaban J connectivity index is 1.54. The van der Waals surface area contributed by atoms with Gasteiger partial charge in [0, 0.05) is 16.8 Å². The topological polar surface area (TPSA) is 99.9 Å². The number of hydrazone groups is 1. The van der Waals surface area contributed by atoms with Crippen molar-refractivity contribution in [3.8, 4) is 34.3 Å². The van der Waals surface area contributed by atoms with Crippen LogP contribution in [0.5, 0.6) is 17.2 Å². The molecular weight excluding hydrogens is 526 g/mol. The van der Waals surface area contributed by atoms with Crippen LogP contribution in [0.25, 0.3) is 17.1 Å². The van der Waals surface area contributed by atoms with Crippen molar-refractivity contribution in [3.63, 3.8) is 0 Å². The number of carbonyl (C=O) groups excluding carboxylic acids is 1. The number of methoxy groups -OCH3 is 3. The van der Waals surface area contributed by atoms with E-state index in [4.69, 9.17) is 14.2 Å². The summed E-state index contributed by atoms with van der Waals surface area (Å²) in [6, 6.07) is 21.4. The molecule has 0 aliphatic carbocycles. The lowest BCUT2D eigenvalue weighted by molar-refractivity contribution is -0.118. The highest BCUT2D eigenvalue weighted by molar-refractivity contribution is 7.99. The van der Waals surface area contributed by atoms with Crippen molar-refractivity contribution in [2.24, 2.45) is 5.10 Å². The average molecular weight is 560 g/mol. The second-order valence-electron chi connectivity index (χ2n) is 9.83. The normalized spacial score (nSPS) is 11.4. The fraction of sp³-hybridized carbons (Fsp3) is 0.267. The first-order valence-corrected chi connectivity index (χ1v) is 13.6. The monoisotopic (exact) mass is 559 g/mol. The molecule has 3 aromatic carbocycles. The summed E-state index contributed by atoms with van der Waals surface area (Å²) in [6.45, 7) is 6.54. The van der Waals surface area contributed by atoms with Crippen molar-refractivity contribution in [1.29, 1.82) is 0 Å². The van der Waals surface area contributed by atoms with E-state index in [1.807, 2.05) is 53.1 Å². The summed E-state index contributed by atoms with van der Waals surface area (Å²) in [5.41, 5.74) is 6.28. The fourth-order valence-corrected chi connectivity index (χ4v) is 4.73. The fourth-order valence-electron chi connectivity index (χ4n) is 3.98. The molecule has 0 aliphatic heterocycles. The Bertz CT molecular complexity index is 1480. The summed E-state index contributed by atoms with van der Waals surface area (Å²) < 4.78 is 18.0. The Labute approximate surface area is 238 Å². The van der Waals surface area contributed by atoms with Gasteiger partial charge in [-0.1, -0.05) is 62.9 Å². The second kappa shape index (κ2) is 12.7. The third kappa shape index (κ3) is 6.63. The summed E-state index contributed by atoms with van der Waals surface area (Å²) in [5, 5.41) is 13.6. The number of para-hydroxylation sites is 1. The van der Waals surface area contributed by atoms with Crippen LogP contribution in [0.15, 0.2) is 77.0 Å². The van der Waals surface area contributed by atoms with Crippen molar-refractivity contribution in [2.75, 3.05) is 27.1 Å². The van der Waals surface area contributed by atoms with Crippen molar-refractivity contribution >= 4 is 23.9 Å². The van der Waals surface area contributed by atoms with Crippen LogP contribution in [0.2, 0.25) is 0 Å². The zero-order valence-electron chi connectivity index (χ0n) is 23.5. The largest absolute Gasteiger partial charge is 0.497 e. The molecule has 0 fully saturated rings. The van der Waals surface area contributed by atoms with Gasteiger partial charge in [0.1, 0.15) is 5.75 Å². The maximum absolute atomic E-state index is 12.6. The maximum atomic E-state index is 12.6. The molecule has 0 spiro atoms. The summed E-state index contributed by atoms with van der Waals surface area (Å²) >= 11 is 1.27. The number of aromatic nitrogens is 3. The molecule has 0 radical (unpaired) electrons. The van der Waals surface area contributed by atoms with Crippen molar-refractivity contribution in [3.05, 3.63) is 77.9 Å². The number of benzene rings is 3. The number of hydrogen-bond donors (Lipinski definition) is 1. The van der Waals surface area contributed by atoms with Gasteiger partial charge in [0.05, 0.1) is 33.3 Å². The Hall–Kier alpha value is -4.31. The number of ether oxygens (including phenoxy) is 3. The van der Waals surface area contributed by atoms with Gasteiger partial charge in [0.2, 0.25) is 0 Å². The van der Waals surface area contributed by atoms with Crippen molar-refractivity contribution < 1.29 is 19.0 Å². The minimum atomic E-state index is -0.288. The summed E-state index contributed by atoms with van der Waals surface area (Å²) in [7, 11) is 4.74. The van der Waals surface area contributed by atoms with Crippen LogP contribution in [0, 0.1) is 0 Å². The average Bonchev–Trinajstić information content (AvgIpc) is 3.39. The smallest absolute Gasteiger partial charge is 0.250 e. The lowest BCUT2D eigenvalue weighted by Crippen LogP contribution is -2.20. The molecule has 1 N–H and O–H groups in total. The van der Waals surface area contributed by atoms with Crippen LogP contribution in [0.1, 0.15) is 31.9 Å². The molecule has 0 unspecified atom stereocenters. The Kier molecular flexibility index (Phi) is 9.11. The Morgan fingerprint density at radius 1 is 0.950 bits per heavy atom. The number of nitrogens with one attached hydrogen (secondary N) is 1. The van der Waals surface area contributed by atoms with Crippen LogP contribution in [0.3, 0.4) is 0 Å². The summed E-state index contributed by atoms with van der Waals surface area (Å²) in [4.78, 5) is 12.6. The number of nitrogens with zero attached hydrogens (tertiary/aromatic N) is 4. The molecule has 208 valence electrons. The van der Waals surface area contributed by atoms with Gasteiger partial charge in [0.15, 0.2) is 22.5 Å². The van der Waals surface area contributed by atoms with Gasteiger partial charge in [-0.3, -0.25) is 9.36 Å². The zero-order valence-corrected chi connectivity index (χ0v) is 24.3. The maximum Gasteiger partial charge on any atom is 0.250 e. The highest BCUT2D eigenvalue weighted by Crippen LogP contribution is 2.31. The van der Waals surface area contributed by atoms with Gasteiger partial charge in [-0.25, -0.2) is 5.43 Å². The van der Waals surface area contributed by atoms with E-state index in [0.29, 0.717) is 28.0 Å². The molecule has 0 bridgehead atoms. The van der Waals surface area contributed by atoms with Crippen LogP contribution in [-0.2, 0) is 10.2 Å². The van der Waals surface area contributed by atoms with Crippen molar-refractivity contribution in [2.45, 2.75) is 31.3 Å². The zero-order chi connectivity index (χ0) is 28.7. The van der Waals surface area contributed by atoms with Gasteiger partial charge < -0.3 is 14.2 Å². The minimum absolute atomic E-state index is 0.0384. The Morgan fingerprint density at radius 2 is 1.68 bits per heavy atom. The molecule has 40 heavy (non-hydrogen) atoms. The van der Waals surface area contributed by atoms with Gasteiger partial charge in [-0.15, -0.1) is 10.2 Å². The number of rotatable bonds is 10. The third-order valence-electron chi connectivity index (χ3n) is 6.13. The summed E-state index contributed by atoms with van der Waals surface area (Å²) in [6.07, 6.45) is 1.52. The van der Waals surface area contributed by atoms with E-state index in [-0.39, 0.29) is 17.1 Å². The van der Waals surface area contributed by atoms with Crippen LogP contribution < -0.4 is 19.6 Å². The van der Waals surface area contributed by atoms with E-state index in [1.165, 1.54) is 23.5 Å². The van der Waals surface area contributed by atoms with Gasteiger partial charge in [-0.2, -0.15) is 5.10 Å². The molecule has 4 rings (SSSR count). The molecule has 9 nitrogen and oxygen atoms in total. The number of carbonyl (C=O) groups is 1. The standard InChI is InChI=1S/C30H33N5O4S/c1-30(2,3)22-12-10-20(11-13-22)28-33-34-29(35(28)23-14-16-24(37-4)17-15-23)40-19-26(36)32-31-18-21-8-7-9-25(38-5)27(21)39-6/h7-18H,19H2,1-6H3,(H,32,36)/b31-18+. The van der Waals surface area contributed by atoms with E-state index in [9.17, 15) is 4.79 Å². The molecular formula is C30H33N5O4S. The van der Waals surface area contributed by atoms with E-state index >= 15 is 0 Å². The molecule has 1 heterocycles. The molecule has 0 atom stereocenters. The molecule has 4 aromatic rings. The first kappa shape index (κ1) is 28.7. The number of thioether (sulfide) groups is 1. The highest BCUT2D eigenvalue weighted by atomic mass is 32.2. The molecule has 1 amide bonds. The molecule has 0 saturated carbocycles. The highest BCUT2D eigenvalue weighted by Gasteiger charge is 2.19. The molecule has 10 heteroatoms. The van der Waals surface area contributed by atoms with Gasteiger partial charge in [0.25, 0.3) is 5.91 Å². The Morgan fingerprint density at radius 3 is 2.30 bits per heavy atom. The van der Waals surface area contributed by atoms with E-state index in [2.05, 4.69) is 53.6 Å². The third-order valence-corrected chi connectivity index (χ3v) is 7.06. The van der Waals surface area contributed by atoms with E-state index < -0.39 is 0 Å². The molecule has 0 saturated heterocycles. The number of amides is 1. The van der Waals surface area contributed by atoms with Gasteiger partial charge in [-0.05, 0) is 47.4 Å². The van der Waals surface area contributed by atoms with Crippen LogP contribution in [-0.4, -0.2) is 54.0 Å². The number of hydrogen-bond acceptors (Lipinski definition) is 8. The first-order valence-electron chi connectivity index (χ1n) is 12.6. The molecule has 0 aliphatic rings. The predicted molar refractivity (Wildman–Crippen MR) is 158 cm³/mol. The predicted octanol–water partition coefficient (Wildman–Crippen LogP) is 5.50. The molecule has 1 aromatic heterocycles. The SMILES string of the molecule is COc1ccc(-n2c(SCC(=O)N/N=C/c3cccc(OC)c3OC)nnc2-c2ccc(C(C)(C)C)cc2)cc1. The first-order chi connectivity index (χ1) is 19.2. The van der Waals surface area contributed by atoms with Crippen LogP contribution >= 0.6 is 11.8 Å². The van der Waals surface area contributed by atoms with E-state index in [1.54, 1.807) is 27.4 Å². The van der Waals surface area contributed by atoms with Crippen molar-refractivity contribution in [1.82, 2.24) is 20.2 Å². The lowest BCUT2D eigenvalue weighted by Gasteiger charge is -2.19. The van der Waals surface area contributed by atoms with Gasteiger partial charge >= 0.3 is 0 Å². The lowest BCUT2D eigenvalue weighted by atomic mass is 9.87. The second-order valence-corrected chi connectivity index (χ2v) is 10.8.